The summed E-state index contributed by atoms with van der Waals surface area (Å²) in [5.74, 6) is 1.30. The summed E-state index contributed by atoms with van der Waals surface area (Å²) in [6, 6.07) is 2.66. The summed E-state index contributed by atoms with van der Waals surface area (Å²) in [5, 5.41) is 9.18. The van der Waals surface area contributed by atoms with Crippen molar-refractivity contribution in [1.29, 1.82) is 0 Å². The number of anilines is 1. The Kier molecular flexibility index (Phi) is 10.2. The highest BCUT2D eigenvalue weighted by molar-refractivity contribution is 5.84. The van der Waals surface area contributed by atoms with Gasteiger partial charge in [-0.2, -0.15) is 9.97 Å². The summed E-state index contributed by atoms with van der Waals surface area (Å²) in [6.45, 7) is 21.6. The molecule has 7 nitrogen and oxygen atoms in total. The molecule has 0 radical (unpaired) electrons. The first-order chi connectivity index (χ1) is 16.6. The molecule has 1 heterocycles. The number of aryl methyl sites for hydroxylation is 3. The van der Waals surface area contributed by atoms with Gasteiger partial charge in [0.2, 0.25) is 0 Å². The molecule has 0 aliphatic heterocycles. The van der Waals surface area contributed by atoms with Gasteiger partial charge in [-0.1, -0.05) is 12.6 Å². The minimum atomic E-state index is -0.221. The van der Waals surface area contributed by atoms with Gasteiger partial charge in [0.1, 0.15) is 11.6 Å². The number of aliphatic imine (C=N–C) groups is 1. The summed E-state index contributed by atoms with van der Waals surface area (Å²) in [4.78, 5) is 16.1. The fourth-order valence-electron chi connectivity index (χ4n) is 4.20. The molecular formula is C28H41N5O2. The fourth-order valence-corrected chi connectivity index (χ4v) is 4.20. The Balaban J connectivity index is 2.77. The second kappa shape index (κ2) is 12.6. The van der Waals surface area contributed by atoms with E-state index < -0.39 is 0 Å². The topological polar surface area (TPSA) is 96.9 Å². The average Bonchev–Trinajstić information content (AvgIpc) is 2.82. The maximum atomic E-state index is 9.18. The van der Waals surface area contributed by atoms with Gasteiger partial charge in [-0.3, -0.25) is 4.99 Å². The zero-order chi connectivity index (χ0) is 26.3. The molecule has 2 aromatic rings. The molecule has 35 heavy (non-hydrogen) atoms. The lowest BCUT2D eigenvalue weighted by Crippen LogP contribution is -2.36. The van der Waals surface area contributed by atoms with E-state index in [9.17, 15) is 5.11 Å². The van der Waals surface area contributed by atoms with Crippen LogP contribution in [0.1, 0.15) is 55.1 Å². The first-order valence-corrected chi connectivity index (χ1v) is 12.2. The van der Waals surface area contributed by atoms with Crippen LogP contribution < -0.4 is 15.4 Å². The molecule has 0 aliphatic carbocycles. The molecule has 1 aromatic carbocycles. The molecule has 0 saturated heterocycles. The molecule has 0 aliphatic rings. The van der Waals surface area contributed by atoms with Crippen molar-refractivity contribution >= 4 is 12.0 Å². The SMILES string of the molecule is C=C(CO)N=C/C(=C\C)Oc1nc(C)c(-c2c(C)c(C)cc(C)c2C)c(N(CC)C(C)CCN)n1. The molecule has 0 bridgehead atoms. The van der Waals surface area contributed by atoms with Crippen LogP contribution in [-0.4, -0.2) is 47.0 Å². The lowest BCUT2D eigenvalue weighted by molar-refractivity contribution is 0.330. The van der Waals surface area contributed by atoms with Crippen molar-refractivity contribution in [1.82, 2.24) is 9.97 Å². The number of allylic oxidation sites excluding steroid dienone is 2. The average molecular weight is 480 g/mol. The van der Waals surface area contributed by atoms with Crippen molar-refractivity contribution < 1.29 is 9.84 Å². The number of nitrogens with two attached hydrogens (primary N) is 1. The first kappa shape index (κ1) is 28.2. The molecule has 0 spiro atoms. The van der Waals surface area contributed by atoms with Gasteiger partial charge in [0.15, 0.2) is 0 Å². The summed E-state index contributed by atoms with van der Waals surface area (Å²) >= 11 is 0. The Morgan fingerprint density at radius 3 is 2.31 bits per heavy atom. The van der Waals surface area contributed by atoms with E-state index in [4.69, 9.17) is 20.4 Å². The molecule has 1 unspecified atom stereocenters. The van der Waals surface area contributed by atoms with Crippen LogP contribution in [0, 0.1) is 34.6 Å². The van der Waals surface area contributed by atoms with Crippen LogP contribution in [0.4, 0.5) is 5.82 Å². The van der Waals surface area contributed by atoms with Crippen LogP contribution in [0.15, 0.2) is 35.2 Å². The van der Waals surface area contributed by atoms with Gasteiger partial charge in [-0.15, -0.1) is 0 Å². The Labute approximate surface area is 210 Å². The zero-order valence-electron chi connectivity index (χ0n) is 22.6. The number of hydrogen-bond acceptors (Lipinski definition) is 7. The van der Waals surface area contributed by atoms with Gasteiger partial charge in [0.05, 0.1) is 24.2 Å². The van der Waals surface area contributed by atoms with Gasteiger partial charge < -0.3 is 20.5 Å². The molecule has 0 saturated carbocycles. The fraction of sp³-hybridized carbons (Fsp3) is 0.464. The van der Waals surface area contributed by atoms with E-state index in [1.165, 1.54) is 34.0 Å². The second-order valence-electron chi connectivity index (χ2n) is 8.91. The Bertz CT molecular complexity index is 1090. The quantitative estimate of drug-likeness (QED) is 0.343. The van der Waals surface area contributed by atoms with Gasteiger partial charge in [-0.25, -0.2) is 0 Å². The summed E-state index contributed by atoms with van der Waals surface area (Å²) < 4.78 is 6.03. The third kappa shape index (κ3) is 6.55. The molecule has 1 atom stereocenters. The van der Waals surface area contributed by atoms with Crippen molar-refractivity contribution in [3.8, 4) is 17.1 Å². The second-order valence-corrected chi connectivity index (χ2v) is 8.91. The number of aliphatic hydroxyl groups excluding tert-OH is 1. The molecule has 1 aromatic heterocycles. The standard InChI is InChI=1S/C28H41N5O2/c1-10-24(15-30-19(5)16-34)35-28-31-23(9)26(25-21(7)17(3)14-18(4)22(25)8)27(32-28)33(11-2)20(6)12-13-29/h10,14-15,20,34H,5,11-13,16,29H2,1-4,6-9H3/b24-10+,30-15?. The maximum Gasteiger partial charge on any atom is 0.324 e. The highest BCUT2D eigenvalue weighted by Gasteiger charge is 2.25. The number of aromatic nitrogens is 2. The predicted molar refractivity (Wildman–Crippen MR) is 146 cm³/mol. The van der Waals surface area contributed by atoms with Crippen LogP contribution in [0.5, 0.6) is 6.01 Å². The van der Waals surface area contributed by atoms with E-state index in [2.05, 4.69) is 64.1 Å². The smallest absolute Gasteiger partial charge is 0.324 e. The number of aliphatic hydroxyl groups is 1. The van der Waals surface area contributed by atoms with E-state index in [0.717, 1.165) is 30.0 Å². The summed E-state index contributed by atoms with van der Waals surface area (Å²) in [7, 11) is 0. The van der Waals surface area contributed by atoms with Crippen molar-refractivity contribution in [2.45, 2.75) is 67.9 Å². The maximum absolute atomic E-state index is 9.18. The largest absolute Gasteiger partial charge is 0.423 e. The third-order valence-electron chi connectivity index (χ3n) is 6.45. The Morgan fingerprint density at radius 2 is 1.80 bits per heavy atom. The number of hydrogen-bond donors (Lipinski definition) is 2. The highest BCUT2D eigenvalue weighted by Crippen LogP contribution is 2.40. The minimum absolute atomic E-state index is 0.188. The first-order valence-electron chi connectivity index (χ1n) is 12.2. The van der Waals surface area contributed by atoms with Crippen LogP contribution in [0.25, 0.3) is 11.1 Å². The van der Waals surface area contributed by atoms with Crippen molar-refractivity contribution in [2.24, 2.45) is 10.7 Å². The monoisotopic (exact) mass is 479 g/mol. The lowest BCUT2D eigenvalue weighted by Gasteiger charge is -2.32. The highest BCUT2D eigenvalue weighted by atomic mass is 16.5. The molecule has 7 heteroatoms. The zero-order valence-corrected chi connectivity index (χ0v) is 22.6. The van der Waals surface area contributed by atoms with Gasteiger partial charge in [0, 0.05) is 18.2 Å². The van der Waals surface area contributed by atoms with Gasteiger partial charge in [0.25, 0.3) is 0 Å². The van der Waals surface area contributed by atoms with Crippen molar-refractivity contribution in [2.75, 3.05) is 24.6 Å². The van der Waals surface area contributed by atoms with Crippen molar-refractivity contribution in [3.05, 3.63) is 58.1 Å². The normalized spacial score (nSPS) is 12.8. The molecule has 3 N–H and O–H groups in total. The molecular weight excluding hydrogens is 438 g/mol. The third-order valence-corrected chi connectivity index (χ3v) is 6.45. The Hall–Kier alpha value is -3.03. The van der Waals surface area contributed by atoms with Crippen LogP contribution in [0.3, 0.4) is 0 Å². The number of ether oxygens (including phenoxy) is 1. The number of nitrogens with zero attached hydrogens (tertiary/aromatic N) is 4. The van der Waals surface area contributed by atoms with E-state index in [-0.39, 0.29) is 18.7 Å². The summed E-state index contributed by atoms with van der Waals surface area (Å²) in [6.07, 6.45) is 4.12. The van der Waals surface area contributed by atoms with Crippen molar-refractivity contribution in [3.63, 3.8) is 0 Å². The minimum Gasteiger partial charge on any atom is -0.423 e. The van der Waals surface area contributed by atoms with Gasteiger partial charge in [-0.05, 0) is 102 Å². The molecule has 2 rings (SSSR count). The van der Waals surface area contributed by atoms with Crippen LogP contribution in [-0.2, 0) is 0 Å². The number of rotatable bonds is 11. The Morgan fingerprint density at radius 1 is 1.17 bits per heavy atom. The number of benzene rings is 1. The van der Waals surface area contributed by atoms with E-state index >= 15 is 0 Å². The van der Waals surface area contributed by atoms with Gasteiger partial charge >= 0.3 is 6.01 Å². The van der Waals surface area contributed by atoms with E-state index in [1.807, 2.05) is 13.8 Å². The summed E-state index contributed by atoms with van der Waals surface area (Å²) in [5.41, 5.74) is 14.2. The van der Waals surface area contributed by atoms with Crippen LogP contribution >= 0.6 is 0 Å². The lowest BCUT2D eigenvalue weighted by atomic mass is 9.89. The predicted octanol–water partition coefficient (Wildman–Crippen LogP) is 5.11. The molecule has 190 valence electrons. The van der Waals surface area contributed by atoms with E-state index in [1.54, 1.807) is 6.08 Å². The van der Waals surface area contributed by atoms with E-state index in [0.29, 0.717) is 18.0 Å². The van der Waals surface area contributed by atoms with Crippen LogP contribution in [0.2, 0.25) is 0 Å². The molecule has 0 fully saturated rings. The molecule has 0 amide bonds.